The number of hydrogen-bond acceptors (Lipinski definition) is 0. The average molecular weight is 260 g/mol. The summed E-state index contributed by atoms with van der Waals surface area (Å²) in [6, 6.07) is 9.44. The second-order valence-electron chi connectivity index (χ2n) is 6.30. The normalized spacial score (nSPS) is 15.3. The van der Waals surface area contributed by atoms with E-state index in [1.54, 1.807) is 0 Å². The molecule has 0 unspecified atom stereocenters. The molecule has 0 amide bonds. The van der Waals surface area contributed by atoms with Gasteiger partial charge in [0.2, 0.25) is 0 Å². The van der Waals surface area contributed by atoms with E-state index in [9.17, 15) is 0 Å². The highest BCUT2D eigenvalue weighted by atomic mass is 14.3. The Balaban J connectivity index is 3.00. The summed E-state index contributed by atoms with van der Waals surface area (Å²) >= 11 is 0. The van der Waals surface area contributed by atoms with Crippen LogP contribution in [-0.2, 0) is 0 Å². The van der Waals surface area contributed by atoms with Crippen LogP contribution in [0.2, 0.25) is 0 Å². The molecule has 0 N–H and O–H groups in total. The van der Waals surface area contributed by atoms with Crippen molar-refractivity contribution in [1.29, 1.82) is 0 Å². The lowest BCUT2D eigenvalue weighted by molar-refractivity contribution is 0.225. The molecular weight excluding hydrogens is 228 g/mol. The van der Waals surface area contributed by atoms with Crippen LogP contribution < -0.4 is 0 Å². The van der Waals surface area contributed by atoms with Gasteiger partial charge in [-0.1, -0.05) is 78.6 Å². The first-order chi connectivity index (χ1) is 9.02. The van der Waals surface area contributed by atoms with E-state index in [4.69, 9.17) is 0 Å². The molecule has 0 radical (unpaired) electrons. The monoisotopic (exact) mass is 260 g/mol. The Labute approximate surface area is 120 Å². The molecule has 19 heavy (non-hydrogen) atoms. The van der Waals surface area contributed by atoms with Crippen LogP contribution in [0.4, 0.5) is 0 Å². The van der Waals surface area contributed by atoms with Gasteiger partial charge in [0, 0.05) is 0 Å². The molecule has 2 atom stereocenters. The zero-order chi connectivity index (χ0) is 14.5. The van der Waals surface area contributed by atoms with Crippen LogP contribution in [0.25, 0.3) is 0 Å². The van der Waals surface area contributed by atoms with Crippen LogP contribution in [0.5, 0.6) is 0 Å². The van der Waals surface area contributed by atoms with Gasteiger partial charge < -0.3 is 0 Å². The summed E-state index contributed by atoms with van der Waals surface area (Å²) in [6.45, 7) is 14.0. The van der Waals surface area contributed by atoms with Crippen LogP contribution in [0, 0.1) is 5.41 Å². The molecule has 0 saturated carbocycles. The summed E-state index contributed by atoms with van der Waals surface area (Å²) < 4.78 is 0. The standard InChI is InChI=1S/C19H32/c1-7-15(5)16-11-13-17(14-12-16)18(8-2)19(6,9-3)10-4/h11-15,18H,7-10H2,1-6H3/t15-,18+/m0/s1. The fraction of sp³-hybridized carbons (Fsp3) is 0.684. The van der Waals surface area contributed by atoms with Crippen LogP contribution >= 0.6 is 0 Å². The van der Waals surface area contributed by atoms with E-state index in [1.807, 2.05) is 0 Å². The SMILES string of the molecule is CC[C@H](c1ccc([C@@H](C)CC)cc1)C(C)(CC)CC. The highest BCUT2D eigenvalue weighted by Crippen LogP contribution is 2.43. The Morgan fingerprint density at radius 1 is 0.842 bits per heavy atom. The quantitative estimate of drug-likeness (QED) is 0.523. The van der Waals surface area contributed by atoms with Gasteiger partial charge in [-0.15, -0.1) is 0 Å². The number of hydrogen-bond donors (Lipinski definition) is 0. The molecule has 108 valence electrons. The highest BCUT2D eigenvalue weighted by Gasteiger charge is 2.30. The van der Waals surface area contributed by atoms with Crippen LogP contribution in [-0.4, -0.2) is 0 Å². The molecular formula is C19H32. The Hall–Kier alpha value is -0.780. The van der Waals surface area contributed by atoms with Gasteiger partial charge in [0.25, 0.3) is 0 Å². The molecule has 0 fully saturated rings. The Morgan fingerprint density at radius 2 is 1.32 bits per heavy atom. The first kappa shape index (κ1) is 16.3. The molecule has 0 bridgehead atoms. The third-order valence-corrected chi connectivity index (χ3v) is 5.39. The van der Waals surface area contributed by atoms with Gasteiger partial charge in [0.15, 0.2) is 0 Å². The number of rotatable bonds is 7. The van der Waals surface area contributed by atoms with Gasteiger partial charge in [-0.25, -0.2) is 0 Å². The van der Waals surface area contributed by atoms with E-state index in [1.165, 1.54) is 36.8 Å². The molecule has 0 aliphatic heterocycles. The summed E-state index contributed by atoms with van der Waals surface area (Å²) in [7, 11) is 0. The van der Waals surface area contributed by atoms with Crippen molar-refractivity contribution in [2.45, 2.75) is 79.1 Å². The average Bonchev–Trinajstić information content (AvgIpc) is 2.47. The zero-order valence-corrected chi connectivity index (χ0v) is 13.8. The molecule has 0 heteroatoms. The lowest BCUT2D eigenvalue weighted by atomic mass is 9.68. The topological polar surface area (TPSA) is 0 Å². The lowest BCUT2D eigenvalue weighted by Gasteiger charge is -2.36. The molecule has 0 saturated heterocycles. The van der Waals surface area contributed by atoms with Crippen molar-refractivity contribution >= 4 is 0 Å². The van der Waals surface area contributed by atoms with E-state index in [2.05, 4.69) is 65.8 Å². The van der Waals surface area contributed by atoms with Crippen molar-refractivity contribution in [3.63, 3.8) is 0 Å². The fourth-order valence-corrected chi connectivity index (χ4v) is 3.17. The molecule has 1 aromatic rings. The van der Waals surface area contributed by atoms with Crippen molar-refractivity contribution in [1.82, 2.24) is 0 Å². The van der Waals surface area contributed by atoms with Gasteiger partial charge in [0.1, 0.15) is 0 Å². The second-order valence-corrected chi connectivity index (χ2v) is 6.30. The minimum atomic E-state index is 0.437. The van der Waals surface area contributed by atoms with Gasteiger partial charge in [-0.2, -0.15) is 0 Å². The summed E-state index contributed by atoms with van der Waals surface area (Å²) in [5.74, 6) is 1.37. The first-order valence-corrected chi connectivity index (χ1v) is 8.12. The van der Waals surface area contributed by atoms with E-state index >= 15 is 0 Å². The van der Waals surface area contributed by atoms with Gasteiger partial charge in [-0.3, -0.25) is 0 Å². The van der Waals surface area contributed by atoms with Gasteiger partial charge in [0.05, 0.1) is 0 Å². The van der Waals surface area contributed by atoms with E-state index in [-0.39, 0.29) is 0 Å². The largest absolute Gasteiger partial charge is 0.0648 e. The Bertz CT molecular complexity index is 356. The fourth-order valence-electron chi connectivity index (χ4n) is 3.17. The van der Waals surface area contributed by atoms with E-state index in [0.717, 1.165) is 0 Å². The Morgan fingerprint density at radius 3 is 1.68 bits per heavy atom. The molecule has 1 aromatic carbocycles. The maximum atomic E-state index is 2.45. The lowest BCUT2D eigenvalue weighted by Crippen LogP contribution is -2.23. The maximum absolute atomic E-state index is 2.45. The third kappa shape index (κ3) is 3.61. The van der Waals surface area contributed by atoms with Crippen molar-refractivity contribution in [2.24, 2.45) is 5.41 Å². The third-order valence-electron chi connectivity index (χ3n) is 5.39. The van der Waals surface area contributed by atoms with Crippen molar-refractivity contribution in [3.05, 3.63) is 35.4 Å². The molecule has 0 aromatic heterocycles. The molecule has 1 rings (SSSR count). The van der Waals surface area contributed by atoms with Crippen LogP contribution in [0.15, 0.2) is 24.3 Å². The second kappa shape index (κ2) is 7.12. The summed E-state index contributed by atoms with van der Waals surface area (Å²) in [5.41, 5.74) is 3.45. The summed E-state index contributed by atoms with van der Waals surface area (Å²) in [4.78, 5) is 0. The molecule has 0 aliphatic rings. The summed E-state index contributed by atoms with van der Waals surface area (Å²) in [6.07, 6.45) is 4.98. The summed E-state index contributed by atoms with van der Waals surface area (Å²) in [5, 5.41) is 0. The maximum Gasteiger partial charge on any atom is -0.0111 e. The molecule has 0 heterocycles. The smallest absolute Gasteiger partial charge is 0.0111 e. The van der Waals surface area contributed by atoms with Crippen LogP contribution in [0.3, 0.4) is 0 Å². The van der Waals surface area contributed by atoms with Crippen LogP contribution in [0.1, 0.15) is 90.2 Å². The zero-order valence-electron chi connectivity index (χ0n) is 13.8. The first-order valence-electron chi connectivity index (χ1n) is 8.12. The van der Waals surface area contributed by atoms with Crippen molar-refractivity contribution in [2.75, 3.05) is 0 Å². The van der Waals surface area contributed by atoms with Crippen molar-refractivity contribution in [3.8, 4) is 0 Å². The van der Waals surface area contributed by atoms with E-state index in [0.29, 0.717) is 17.3 Å². The predicted molar refractivity (Wildman–Crippen MR) is 86.9 cm³/mol. The van der Waals surface area contributed by atoms with Gasteiger partial charge in [-0.05, 0) is 41.2 Å². The Kier molecular flexibility index (Phi) is 6.10. The van der Waals surface area contributed by atoms with Crippen molar-refractivity contribution < 1.29 is 0 Å². The minimum Gasteiger partial charge on any atom is -0.0648 e. The molecule has 0 nitrogen and oxygen atoms in total. The number of benzene rings is 1. The minimum absolute atomic E-state index is 0.437. The van der Waals surface area contributed by atoms with E-state index < -0.39 is 0 Å². The highest BCUT2D eigenvalue weighted by molar-refractivity contribution is 5.28. The predicted octanol–water partition coefficient (Wildman–Crippen LogP) is 6.52. The van der Waals surface area contributed by atoms with Gasteiger partial charge >= 0.3 is 0 Å². The molecule has 0 spiro atoms. The molecule has 0 aliphatic carbocycles.